The minimum Gasteiger partial charge on any atom is -0.370 e. The lowest BCUT2D eigenvalue weighted by atomic mass is 10.2. The van der Waals surface area contributed by atoms with E-state index >= 15 is 0 Å². The monoisotopic (exact) mass is 514 g/mol. The number of aliphatic imine (C=N–C) groups is 1. The van der Waals surface area contributed by atoms with E-state index in [0.717, 1.165) is 22.1 Å². The van der Waals surface area contributed by atoms with Crippen LogP contribution < -0.4 is 16.4 Å². The molecule has 0 heterocycles. The lowest BCUT2D eigenvalue weighted by molar-refractivity contribution is -0.114. The summed E-state index contributed by atoms with van der Waals surface area (Å²) in [6.07, 6.45) is 4.73. The van der Waals surface area contributed by atoms with Gasteiger partial charge in [0.1, 0.15) is 6.54 Å². The molecule has 1 aromatic carbocycles. The summed E-state index contributed by atoms with van der Waals surface area (Å²) in [4.78, 5) is 15.8. The summed E-state index contributed by atoms with van der Waals surface area (Å²) in [5.74, 6) is 0.192. The van der Waals surface area contributed by atoms with Crippen LogP contribution in [0.15, 0.2) is 29.3 Å². The first-order valence-electron chi connectivity index (χ1n) is 6.75. The van der Waals surface area contributed by atoms with E-state index in [0.29, 0.717) is 12.0 Å². The lowest BCUT2D eigenvalue weighted by Crippen LogP contribution is -2.39. The van der Waals surface area contributed by atoms with Crippen molar-refractivity contribution < 1.29 is 4.79 Å². The second-order valence-electron chi connectivity index (χ2n) is 4.88. The second-order valence-corrected chi connectivity index (χ2v) is 6.13. The predicted octanol–water partition coefficient (Wildman–Crippen LogP) is 2.69. The number of hydrogen-bond donors (Lipinski definition) is 3. The molecule has 0 radical (unpaired) electrons. The average molecular weight is 514 g/mol. The fourth-order valence-corrected chi connectivity index (χ4v) is 2.58. The molecule has 0 saturated heterocycles. The van der Waals surface area contributed by atoms with E-state index in [1.807, 2.05) is 24.3 Å². The number of nitrogens with one attached hydrogen (secondary N) is 2. The second kappa shape index (κ2) is 9.44. The molecule has 4 N–H and O–H groups in total. The maximum absolute atomic E-state index is 11.7. The van der Waals surface area contributed by atoms with Gasteiger partial charge in [0.15, 0.2) is 5.96 Å². The number of amides is 1. The van der Waals surface area contributed by atoms with E-state index in [4.69, 9.17) is 5.73 Å². The van der Waals surface area contributed by atoms with Crippen molar-refractivity contribution in [2.24, 2.45) is 10.7 Å². The fraction of sp³-hybridized carbons (Fsp3) is 0.429. The van der Waals surface area contributed by atoms with Crippen LogP contribution in [0.4, 0.5) is 5.69 Å². The number of nitrogens with two attached hydrogens (primary N) is 1. The molecule has 2 rings (SSSR count). The lowest BCUT2D eigenvalue weighted by Gasteiger charge is -2.12. The maximum Gasteiger partial charge on any atom is 0.246 e. The summed E-state index contributed by atoms with van der Waals surface area (Å²) in [6, 6.07) is 8.02. The molecule has 0 unspecified atom stereocenters. The average Bonchev–Trinajstić information content (AvgIpc) is 2.92. The molecule has 1 aliphatic carbocycles. The SMILES string of the molecule is I.NC(=NCC(=O)Nc1ccc(I)cc1)NC1CCCC1. The Labute approximate surface area is 155 Å². The number of carbonyl (C=O) groups excluding carboxylic acids is 1. The fourth-order valence-electron chi connectivity index (χ4n) is 2.22. The van der Waals surface area contributed by atoms with Crippen LogP contribution in [0.3, 0.4) is 0 Å². The number of anilines is 1. The van der Waals surface area contributed by atoms with Gasteiger partial charge in [-0.2, -0.15) is 0 Å². The minimum absolute atomic E-state index is 0. The van der Waals surface area contributed by atoms with Crippen molar-refractivity contribution in [3.05, 3.63) is 27.8 Å². The van der Waals surface area contributed by atoms with Gasteiger partial charge in [-0.15, -0.1) is 24.0 Å². The van der Waals surface area contributed by atoms with E-state index in [2.05, 4.69) is 38.2 Å². The summed E-state index contributed by atoms with van der Waals surface area (Å²) in [7, 11) is 0. The highest BCUT2D eigenvalue weighted by molar-refractivity contribution is 14.1. The number of hydrogen-bond acceptors (Lipinski definition) is 2. The zero-order valence-corrected chi connectivity index (χ0v) is 16.1. The van der Waals surface area contributed by atoms with Gasteiger partial charge in [0.05, 0.1) is 0 Å². The van der Waals surface area contributed by atoms with Gasteiger partial charge in [0.2, 0.25) is 5.91 Å². The Morgan fingerprint density at radius 3 is 2.52 bits per heavy atom. The quantitative estimate of drug-likeness (QED) is 0.329. The molecule has 1 amide bonds. The Bertz CT molecular complexity index is 484. The first-order chi connectivity index (χ1) is 9.63. The molecule has 0 aliphatic heterocycles. The zero-order chi connectivity index (χ0) is 14.4. The van der Waals surface area contributed by atoms with Gasteiger partial charge in [-0.3, -0.25) is 4.79 Å². The Balaban J connectivity index is 0.00000220. The predicted molar refractivity (Wildman–Crippen MR) is 105 cm³/mol. The molecular weight excluding hydrogens is 494 g/mol. The largest absolute Gasteiger partial charge is 0.370 e. The maximum atomic E-state index is 11.7. The Kier molecular flexibility index (Phi) is 8.30. The molecule has 5 nitrogen and oxygen atoms in total. The van der Waals surface area contributed by atoms with Crippen molar-refractivity contribution in [2.75, 3.05) is 11.9 Å². The summed E-state index contributed by atoms with van der Waals surface area (Å²) >= 11 is 2.22. The Hall–Kier alpha value is -0.580. The smallest absolute Gasteiger partial charge is 0.246 e. The van der Waals surface area contributed by atoms with Gasteiger partial charge in [-0.25, -0.2) is 4.99 Å². The van der Waals surface area contributed by atoms with Crippen LogP contribution in [0.2, 0.25) is 0 Å². The van der Waals surface area contributed by atoms with E-state index in [1.54, 1.807) is 0 Å². The van der Waals surface area contributed by atoms with Crippen molar-refractivity contribution in [2.45, 2.75) is 31.7 Å². The van der Waals surface area contributed by atoms with Gasteiger partial charge in [-0.1, -0.05) is 12.8 Å². The van der Waals surface area contributed by atoms with Gasteiger partial charge >= 0.3 is 0 Å². The third-order valence-electron chi connectivity index (χ3n) is 3.23. The summed E-state index contributed by atoms with van der Waals surface area (Å²) < 4.78 is 1.13. The summed E-state index contributed by atoms with van der Waals surface area (Å²) in [5, 5.41) is 5.94. The van der Waals surface area contributed by atoms with E-state index in [1.165, 1.54) is 12.8 Å². The number of halogens is 2. The Morgan fingerprint density at radius 1 is 1.29 bits per heavy atom. The number of rotatable bonds is 4. The Morgan fingerprint density at radius 2 is 1.90 bits per heavy atom. The van der Waals surface area contributed by atoms with Crippen LogP contribution in [0.1, 0.15) is 25.7 Å². The summed E-state index contributed by atoms with van der Waals surface area (Å²) in [6.45, 7) is 0.0392. The molecule has 0 atom stereocenters. The standard InChI is InChI=1S/C14H19IN4O.HI/c15-10-5-7-12(8-6-10)18-13(20)9-17-14(16)19-11-3-1-2-4-11;/h5-8,11H,1-4,9H2,(H,18,20)(H3,16,17,19);1H. The summed E-state index contributed by atoms with van der Waals surface area (Å²) in [5.41, 5.74) is 6.54. The molecule has 7 heteroatoms. The van der Waals surface area contributed by atoms with Crippen LogP contribution in [-0.4, -0.2) is 24.5 Å². The van der Waals surface area contributed by atoms with Crippen molar-refractivity contribution >= 4 is 64.1 Å². The molecule has 21 heavy (non-hydrogen) atoms. The topological polar surface area (TPSA) is 79.5 Å². The first-order valence-corrected chi connectivity index (χ1v) is 7.83. The number of guanidine groups is 1. The first kappa shape index (κ1) is 18.5. The normalized spacial score (nSPS) is 15.4. The molecule has 1 saturated carbocycles. The van der Waals surface area contributed by atoms with Crippen molar-refractivity contribution in [3.63, 3.8) is 0 Å². The molecule has 1 aromatic rings. The molecule has 0 spiro atoms. The van der Waals surface area contributed by atoms with E-state index < -0.39 is 0 Å². The van der Waals surface area contributed by atoms with Gasteiger partial charge in [0, 0.05) is 15.3 Å². The molecule has 116 valence electrons. The zero-order valence-electron chi connectivity index (χ0n) is 11.6. The highest BCUT2D eigenvalue weighted by atomic mass is 127. The van der Waals surface area contributed by atoms with Crippen molar-refractivity contribution in [1.29, 1.82) is 0 Å². The third kappa shape index (κ3) is 6.81. The van der Waals surface area contributed by atoms with Crippen molar-refractivity contribution in [3.8, 4) is 0 Å². The van der Waals surface area contributed by atoms with Crippen LogP contribution in [0.5, 0.6) is 0 Å². The van der Waals surface area contributed by atoms with Gasteiger partial charge in [0.25, 0.3) is 0 Å². The molecule has 1 fully saturated rings. The van der Waals surface area contributed by atoms with E-state index in [-0.39, 0.29) is 36.4 Å². The highest BCUT2D eigenvalue weighted by Crippen LogP contribution is 2.17. The van der Waals surface area contributed by atoms with Crippen LogP contribution in [0.25, 0.3) is 0 Å². The number of benzene rings is 1. The third-order valence-corrected chi connectivity index (χ3v) is 3.95. The minimum atomic E-state index is -0.164. The van der Waals surface area contributed by atoms with Gasteiger partial charge in [-0.05, 0) is 59.7 Å². The number of carbonyl (C=O) groups is 1. The molecular formula is C14H20I2N4O. The van der Waals surface area contributed by atoms with Crippen molar-refractivity contribution in [1.82, 2.24) is 5.32 Å². The van der Waals surface area contributed by atoms with Crippen LogP contribution >= 0.6 is 46.6 Å². The van der Waals surface area contributed by atoms with E-state index in [9.17, 15) is 4.79 Å². The molecule has 0 aromatic heterocycles. The van der Waals surface area contributed by atoms with Crippen LogP contribution in [0, 0.1) is 3.57 Å². The van der Waals surface area contributed by atoms with Gasteiger partial charge < -0.3 is 16.4 Å². The number of nitrogens with zero attached hydrogens (tertiary/aromatic N) is 1. The molecule has 1 aliphatic rings. The molecule has 0 bridgehead atoms. The highest BCUT2D eigenvalue weighted by Gasteiger charge is 2.14. The van der Waals surface area contributed by atoms with Crippen LogP contribution in [-0.2, 0) is 4.79 Å².